The van der Waals surface area contributed by atoms with E-state index in [9.17, 15) is 0 Å². The SMILES string of the molecule is Cn1cnnc1C1CCCN1C[C@H]1CO1. The Bertz CT molecular complexity index is 347. The summed E-state index contributed by atoms with van der Waals surface area (Å²) < 4.78 is 7.31. The molecule has 3 rings (SSSR count). The second-order valence-corrected chi connectivity index (χ2v) is 4.41. The van der Waals surface area contributed by atoms with Gasteiger partial charge in [0, 0.05) is 13.6 Å². The lowest BCUT2D eigenvalue weighted by Gasteiger charge is -2.22. The molecule has 0 saturated carbocycles. The first-order valence-corrected chi connectivity index (χ1v) is 5.54. The fourth-order valence-electron chi connectivity index (χ4n) is 2.37. The van der Waals surface area contributed by atoms with Gasteiger partial charge in [-0.15, -0.1) is 10.2 Å². The van der Waals surface area contributed by atoms with Gasteiger partial charge in [0.1, 0.15) is 12.2 Å². The zero-order valence-corrected chi connectivity index (χ0v) is 8.96. The van der Waals surface area contributed by atoms with Gasteiger partial charge in [0.05, 0.1) is 18.8 Å². The maximum Gasteiger partial charge on any atom is 0.149 e. The molecule has 2 fully saturated rings. The van der Waals surface area contributed by atoms with Crippen molar-refractivity contribution in [3.05, 3.63) is 12.2 Å². The summed E-state index contributed by atoms with van der Waals surface area (Å²) in [7, 11) is 2.01. The van der Waals surface area contributed by atoms with Gasteiger partial charge in [-0.25, -0.2) is 0 Å². The molecule has 0 N–H and O–H groups in total. The first-order valence-electron chi connectivity index (χ1n) is 5.54. The van der Waals surface area contributed by atoms with E-state index in [-0.39, 0.29) is 0 Å². The highest BCUT2D eigenvalue weighted by molar-refractivity contribution is 4.99. The average Bonchev–Trinajstić information content (AvgIpc) is 2.74. The Morgan fingerprint density at radius 1 is 1.60 bits per heavy atom. The third kappa shape index (κ3) is 1.77. The molecule has 0 amide bonds. The number of nitrogens with zero attached hydrogens (tertiary/aromatic N) is 4. The van der Waals surface area contributed by atoms with Gasteiger partial charge in [0.25, 0.3) is 0 Å². The van der Waals surface area contributed by atoms with Crippen LogP contribution >= 0.6 is 0 Å². The molecule has 2 saturated heterocycles. The van der Waals surface area contributed by atoms with E-state index in [0.717, 1.165) is 25.5 Å². The van der Waals surface area contributed by atoms with Crippen LogP contribution in [0.2, 0.25) is 0 Å². The fourth-order valence-corrected chi connectivity index (χ4v) is 2.37. The van der Waals surface area contributed by atoms with Crippen molar-refractivity contribution in [1.82, 2.24) is 19.7 Å². The topological polar surface area (TPSA) is 46.5 Å². The molecule has 0 aromatic carbocycles. The highest BCUT2D eigenvalue weighted by Crippen LogP contribution is 2.31. The first-order chi connectivity index (χ1) is 7.34. The summed E-state index contributed by atoms with van der Waals surface area (Å²) in [5.74, 6) is 1.09. The maximum atomic E-state index is 5.28. The Balaban J connectivity index is 1.75. The minimum atomic E-state index is 0.446. The molecule has 0 spiro atoms. The van der Waals surface area contributed by atoms with Crippen molar-refractivity contribution in [2.24, 2.45) is 7.05 Å². The monoisotopic (exact) mass is 208 g/mol. The molecule has 0 radical (unpaired) electrons. The molecule has 82 valence electrons. The largest absolute Gasteiger partial charge is 0.372 e. The van der Waals surface area contributed by atoms with Crippen molar-refractivity contribution in [2.75, 3.05) is 19.7 Å². The van der Waals surface area contributed by atoms with E-state index in [1.54, 1.807) is 6.33 Å². The molecule has 1 aromatic heterocycles. The van der Waals surface area contributed by atoms with Gasteiger partial charge in [-0.05, 0) is 19.4 Å². The van der Waals surface area contributed by atoms with Crippen LogP contribution in [-0.2, 0) is 11.8 Å². The van der Waals surface area contributed by atoms with Crippen LogP contribution in [0.1, 0.15) is 24.7 Å². The van der Waals surface area contributed by atoms with Gasteiger partial charge < -0.3 is 9.30 Å². The van der Waals surface area contributed by atoms with Crippen molar-refractivity contribution in [3.8, 4) is 0 Å². The van der Waals surface area contributed by atoms with E-state index in [4.69, 9.17) is 4.74 Å². The smallest absolute Gasteiger partial charge is 0.149 e. The van der Waals surface area contributed by atoms with E-state index in [0.29, 0.717) is 12.1 Å². The van der Waals surface area contributed by atoms with Crippen molar-refractivity contribution < 1.29 is 4.74 Å². The van der Waals surface area contributed by atoms with Crippen LogP contribution < -0.4 is 0 Å². The standard InChI is InChI=1S/C10H16N4O/c1-13-7-11-12-10(13)9-3-2-4-14(9)5-8-6-15-8/h7-9H,2-6H2,1H3/t8-,9?/m0/s1. The molecule has 0 aliphatic carbocycles. The molecule has 5 nitrogen and oxygen atoms in total. The average molecular weight is 208 g/mol. The molecule has 15 heavy (non-hydrogen) atoms. The quantitative estimate of drug-likeness (QED) is 0.672. The predicted octanol–water partition coefficient (Wildman–Crippen LogP) is 0.351. The Morgan fingerprint density at radius 3 is 3.13 bits per heavy atom. The van der Waals surface area contributed by atoms with E-state index >= 15 is 0 Å². The van der Waals surface area contributed by atoms with Crippen molar-refractivity contribution >= 4 is 0 Å². The van der Waals surface area contributed by atoms with Crippen LogP contribution in [0.15, 0.2) is 6.33 Å². The number of aromatic nitrogens is 3. The summed E-state index contributed by atoms with van der Waals surface area (Å²) in [6.07, 6.45) is 4.70. The molecule has 2 aliphatic heterocycles. The Kier molecular flexibility index (Phi) is 2.21. The van der Waals surface area contributed by atoms with Crippen molar-refractivity contribution in [1.29, 1.82) is 0 Å². The zero-order valence-electron chi connectivity index (χ0n) is 8.96. The van der Waals surface area contributed by atoms with E-state index in [2.05, 4.69) is 15.1 Å². The minimum Gasteiger partial charge on any atom is -0.372 e. The first kappa shape index (κ1) is 9.30. The van der Waals surface area contributed by atoms with Crippen LogP contribution in [0.25, 0.3) is 0 Å². The van der Waals surface area contributed by atoms with Gasteiger partial charge >= 0.3 is 0 Å². The van der Waals surface area contributed by atoms with Gasteiger partial charge in [-0.2, -0.15) is 0 Å². The number of rotatable bonds is 3. The lowest BCUT2D eigenvalue weighted by atomic mass is 10.2. The molecule has 2 atom stereocenters. The Labute approximate surface area is 89.0 Å². The van der Waals surface area contributed by atoms with Crippen molar-refractivity contribution in [2.45, 2.75) is 25.0 Å². The summed E-state index contributed by atoms with van der Waals surface area (Å²) in [5.41, 5.74) is 0. The minimum absolute atomic E-state index is 0.446. The molecule has 1 aromatic rings. The summed E-state index contributed by atoms with van der Waals surface area (Å²) in [4.78, 5) is 2.47. The summed E-state index contributed by atoms with van der Waals surface area (Å²) in [6, 6.07) is 0.446. The molecular weight excluding hydrogens is 192 g/mol. The van der Waals surface area contributed by atoms with E-state index in [1.165, 1.54) is 12.8 Å². The van der Waals surface area contributed by atoms with Gasteiger partial charge in [-0.1, -0.05) is 0 Å². The second-order valence-electron chi connectivity index (χ2n) is 4.41. The van der Waals surface area contributed by atoms with E-state index < -0.39 is 0 Å². The third-order valence-corrected chi connectivity index (χ3v) is 3.25. The summed E-state index contributed by atoms with van der Waals surface area (Å²) in [5, 5.41) is 8.16. The predicted molar refractivity (Wildman–Crippen MR) is 54.3 cm³/mol. The summed E-state index contributed by atoms with van der Waals surface area (Å²) >= 11 is 0. The Hall–Kier alpha value is -0.940. The van der Waals surface area contributed by atoms with Crippen molar-refractivity contribution in [3.63, 3.8) is 0 Å². The second kappa shape index (κ2) is 3.57. The van der Waals surface area contributed by atoms with Crippen LogP contribution in [-0.4, -0.2) is 45.5 Å². The third-order valence-electron chi connectivity index (χ3n) is 3.25. The number of ether oxygens (including phenoxy) is 1. The highest BCUT2D eigenvalue weighted by atomic mass is 16.6. The number of likely N-dealkylation sites (tertiary alicyclic amines) is 1. The molecule has 0 bridgehead atoms. The highest BCUT2D eigenvalue weighted by Gasteiger charge is 2.34. The van der Waals surface area contributed by atoms with Crippen LogP contribution in [0.5, 0.6) is 0 Å². The van der Waals surface area contributed by atoms with Crippen LogP contribution in [0, 0.1) is 0 Å². The van der Waals surface area contributed by atoms with Gasteiger partial charge in [-0.3, -0.25) is 4.90 Å². The molecule has 1 unspecified atom stereocenters. The van der Waals surface area contributed by atoms with Crippen LogP contribution in [0.3, 0.4) is 0 Å². The van der Waals surface area contributed by atoms with Gasteiger partial charge in [0.2, 0.25) is 0 Å². The zero-order chi connectivity index (χ0) is 10.3. The molecule has 3 heterocycles. The fraction of sp³-hybridized carbons (Fsp3) is 0.800. The van der Waals surface area contributed by atoms with E-state index in [1.807, 2.05) is 11.6 Å². The number of epoxide rings is 1. The lowest BCUT2D eigenvalue weighted by Crippen LogP contribution is -2.29. The maximum absolute atomic E-state index is 5.28. The Morgan fingerprint density at radius 2 is 2.47 bits per heavy atom. The number of hydrogen-bond acceptors (Lipinski definition) is 4. The molecule has 2 aliphatic rings. The number of aryl methyl sites for hydroxylation is 1. The normalized spacial score (nSPS) is 31.0. The van der Waals surface area contributed by atoms with Crippen LogP contribution in [0.4, 0.5) is 0 Å². The van der Waals surface area contributed by atoms with Gasteiger partial charge in [0.15, 0.2) is 0 Å². The molecule has 5 heteroatoms. The number of hydrogen-bond donors (Lipinski definition) is 0. The lowest BCUT2D eigenvalue weighted by molar-refractivity contribution is 0.218. The summed E-state index contributed by atoms with van der Waals surface area (Å²) in [6.45, 7) is 3.15. The molecular formula is C10H16N4O.